The molecule has 3 rings (SSSR count). The van der Waals surface area contributed by atoms with Crippen molar-refractivity contribution < 1.29 is 14.7 Å². The third-order valence-electron chi connectivity index (χ3n) is 5.46. The van der Waals surface area contributed by atoms with Crippen LogP contribution in [0.25, 0.3) is 0 Å². The van der Waals surface area contributed by atoms with Gasteiger partial charge in [-0.2, -0.15) is 0 Å². The molecule has 2 saturated heterocycles. The van der Waals surface area contributed by atoms with Gasteiger partial charge in [-0.1, -0.05) is 0 Å². The summed E-state index contributed by atoms with van der Waals surface area (Å²) in [6.45, 7) is 5.84. The van der Waals surface area contributed by atoms with Crippen molar-refractivity contribution in [1.29, 1.82) is 0 Å². The molecule has 1 aromatic heterocycles. The van der Waals surface area contributed by atoms with E-state index in [4.69, 9.17) is 11.6 Å². The van der Waals surface area contributed by atoms with Crippen molar-refractivity contribution in [2.24, 2.45) is 0 Å². The zero-order valence-electron chi connectivity index (χ0n) is 15.5. The van der Waals surface area contributed by atoms with E-state index in [1.165, 1.54) is 0 Å². The number of hydrogen-bond donors (Lipinski definition) is 1. The van der Waals surface area contributed by atoms with Gasteiger partial charge < -0.3 is 14.9 Å². The second-order valence-electron chi connectivity index (χ2n) is 8.20. The summed E-state index contributed by atoms with van der Waals surface area (Å²) in [6.07, 6.45) is 4.45. The van der Waals surface area contributed by atoms with Gasteiger partial charge in [-0.05, 0) is 58.6 Å². The average Bonchev–Trinajstić information content (AvgIpc) is 2.83. The first-order valence-corrected chi connectivity index (χ1v) is 9.61. The quantitative estimate of drug-likeness (QED) is 0.636. The fourth-order valence-electron chi connectivity index (χ4n) is 4.50. The number of fused-ring (bicyclic) bond motifs is 2. The zero-order chi connectivity index (χ0) is 19.1. The molecule has 0 spiro atoms. The maximum absolute atomic E-state index is 11.8. The molecule has 26 heavy (non-hydrogen) atoms. The van der Waals surface area contributed by atoms with Gasteiger partial charge in [-0.25, -0.2) is 9.78 Å². The third-order valence-corrected chi connectivity index (χ3v) is 5.70. The summed E-state index contributed by atoms with van der Waals surface area (Å²) >= 11 is 5.60. The number of halogens is 1. The van der Waals surface area contributed by atoms with Crippen LogP contribution in [0.15, 0.2) is 18.3 Å². The molecule has 0 aliphatic carbocycles. The van der Waals surface area contributed by atoms with Gasteiger partial charge in [0.25, 0.3) is 0 Å². The van der Waals surface area contributed by atoms with Crippen molar-refractivity contribution in [3.05, 3.63) is 23.9 Å². The van der Waals surface area contributed by atoms with Crippen LogP contribution in [-0.4, -0.2) is 56.4 Å². The number of carbonyl (C=O) groups excluding carboxylic acids is 1. The summed E-state index contributed by atoms with van der Waals surface area (Å²) in [5.74, 6) is 0.685. The van der Waals surface area contributed by atoms with Gasteiger partial charge in [0.05, 0.1) is 5.88 Å². The number of carbonyl (C=O) groups is 2. The van der Waals surface area contributed by atoms with Crippen LogP contribution in [0.5, 0.6) is 0 Å². The van der Waals surface area contributed by atoms with Crippen molar-refractivity contribution in [1.82, 2.24) is 9.88 Å². The van der Waals surface area contributed by atoms with E-state index in [-0.39, 0.29) is 29.8 Å². The Bertz CT molecular complexity index is 672. The zero-order valence-corrected chi connectivity index (χ0v) is 16.2. The lowest BCUT2D eigenvalue weighted by Crippen LogP contribution is -2.57. The highest BCUT2D eigenvalue weighted by molar-refractivity contribution is 6.30. The lowest BCUT2D eigenvalue weighted by Gasteiger charge is -2.47. The first kappa shape index (κ1) is 19.0. The van der Waals surface area contributed by atoms with Crippen LogP contribution in [0.4, 0.5) is 10.6 Å². The van der Waals surface area contributed by atoms with Crippen LogP contribution in [0.1, 0.15) is 56.8 Å². The topological polar surface area (TPSA) is 73.7 Å². The molecule has 1 aromatic rings. The van der Waals surface area contributed by atoms with E-state index >= 15 is 0 Å². The molecule has 0 saturated carbocycles. The molecule has 1 amide bonds. The number of carboxylic acid groups (broad SMARTS) is 1. The fraction of sp³-hybridized carbons (Fsp3) is 0.632. The maximum Gasteiger partial charge on any atom is 0.407 e. The van der Waals surface area contributed by atoms with E-state index in [0.29, 0.717) is 5.56 Å². The number of anilines is 1. The summed E-state index contributed by atoms with van der Waals surface area (Å²) in [6, 6.07) is 4.25. The van der Waals surface area contributed by atoms with Gasteiger partial charge in [-0.3, -0.25) is 4.79 Å². The largest absolute Gasteiger partial charge is 0.465 e. The number of amides is 1. The SMILES string of the molecule is CC(C)(C)N(C(=O)O)C1C[C@H]2CC[C@@H](C1)N2c1ccc(C(=O)CCl)cn1. The molecule has 0 aromatic carbocycles. The standard InChI is InChI=1S/C19H26ClN3O3/c1-19(2,3)23(18(25)26)15-8-13-5-6-14(9-15)22(13)17-7-4-12(11-21-17)16(24)10-20/h4,7,11,13-15H,5-6,8-10H2,1-3H3,(H,25,26)/t13-,14+,15?. The molecule has 3 heterocycles. The van der Waals surface area contributed by atoms with Gasteiger partial charge in [0.1, 0.15) is 5.82 Å². The molecular formula is C19H26ClN3O3. The van der Waals surface area contributed by atoms with Crippen LogP contribution in [-0.2, 0) is 0 Å². The van der Waals surface area contributed by atoms with Crippen molar-refractivity contribution in [2.75, 3.05) is 10.8 Å². The summed E-state index contributed by atoms with van der Waals surface area (Å²) < 4.78 is 0. The molecule has 0 radical (unpaired) electrons. The Morgan fingerprint density at radius 1 is 1.27 bits per heavy atom. The lowest BCUT2D eigenvalue weighted by molar-refractivity contribution is 0.0558. The molecular weight excluding hydrogens is 354 g/mol. The third kappa shape index (κ3) is 3.52. The molecule has 6 nitrogen and oxygen atoms in total. The number of alkyl halides is 1. The molecule has 2 aliphatic heterocycles. The number of piperidine rings is 1. The Balaban J connectivity index is 1.79. The van der Waals surface area contributed by atoms with E-state index in [2.05, 4.69) is 9.88 Å². The van der Waals surface area contributed by atoms with Crippen LogP contribution < -0.4 is 4.90 Å². The first-order chi connectivity index (χ1) is 12.2. The Hall–Kier alpha value is -1.82. The highest BCUT2D eigenvalue weighted by Crippen LogP contribution is 2.41. The molecule has 2 fully saturated rings. The molecule has 1 unspecified atom stereocenters. The Labute approximate surface area is 159 Å². The predicted octanol–water partition coefficient (Wildman–Crippen LogP) is 3.78. The first-order valence-electron chi connectivity index (χ1n) is 9.08. The number of ketones is 1. The van der Waals surface area contributed by atoms with Crippen molar-refractivity contribution >= 4 is 29.3 Å². The maximum atomic E-state index is 11.8. The summed E-state index contributed by atoms with van der Waals surface area (Å²) in [7, 11) is 0. The van der Waals surface area contributed by atoms with Crippen LogP contribution in [0, 0.1) is 0 Å². The lowest BCUT2D eigenvalue weighted by atomic mass is 9.92. The number of hydrogen-bond acceptors (Lipinski definition) is 4. The van der Waals surface area contributed by atoms with Crippen LogP contribution in [0.2, 0.25) is 0 Å². The van der Waals surface area contributed by atoms with Crippen LogP contribution >= 0.6 is 11.6 Å². The van der Waals surface area contributed by atoms with Gasteiger partial charge in [0.15, 0.2) is 5.78 Å². The molecule has 142 valence electrons. The second kappa shape index (κ2) is 7.06. The number of rotatable bonds is 4. The van der Waals surface area contributed by atoms with Gasteiger partial charge in [-0.15, -0.1) is 11.6 Å². The Kier molecular flexibility index (Phi) is 5.15. The smallest absolute Gasteiger partial charge is 0.407 e. The van der Waals surface area contributed by atoms with Gasteiger partial charge >= 0.3 is 6.09 Å². The predicted molar refractivity (Wildman–Crippen MR) is 101 cm³/mol. The highest BCUT2D eigenvalue weighted by Gasteiger charge is 2.46. The van der Waals surface area contributed by atoms with Gasteiger partial charge in [0, 0.05) is 35.4 Å². The van der Waals surface area contributed by atoms with E-state index in [9.17, 15) is 14.7 Å². The molecule has 2 bridgehead atoms. The van der Waals surface area contributed by atoms with Crippen molar-refractivity contribution in [2.45, 2.75) is 70.1 Å². The molecule has 3 atom stereocenters. The second-order valence-corrected chi connectivity index (χ2v) is 8.47. The van der Waals surface area contributed by atoms with Crippen molar-refractivity contribution in [3.8, 4) is 0 Å². The molecule has 7 heteroatoms. The van der Waals surface area contributed by atoms with E-state index in [1.54, 1.807) is 17.2 Å². The summed E-state index contributed by atoms with van der Waals surface area (Å²) in [4.78, 5) is 31.9. The summed E-state index contributed by atoms with van der Waals surface area (Å²) in [5.41, 5.74) is 0.107. The highest BCUT2D eigenvalue weighted by atomic mass is 35.5. The fourth-order valence-corrected chi connectivity index (χ4v) is 4.66. The Morgan fingerprint density at radius 2 is 1.88 bits per heavy atom. The minimum absolute atomic E-state index is 0.0262. The van der Waals surface area contributed by atoms with E-state index < -0.39 is 11.6 Å². The average molecular weight is 380 g/mol. The summed E-state index contributed by atoms with van der Waals surface area (Å²) in [5, 5.41) is 9.70. The van der Waals surface area contributed by atoms with Crippen molar-refractivity contribution in [3.63, 3.8) is 0 Å². The molecule has 1 N–H and O–H groups in total. The van der Waals surface area contributed by atoms with Gasteiger partial charge in [0.2, 0.25) is 0 Å². The normalized spacial score (nSPS) is 25.2. The number of Topliss-reactive ketones (excluding diaryl/α,β-unsaturated/α-hetero) is 1. The Morgan fingerprint density at radius 3 is 2.31 bits per heavy atom. The number of aromatic nitrogens is 1. The van der Waals surface area contributed by atoms with E-state index in [0.717, 1.165) is 31.5 Å². The minimum atomic E-state index is -0.850. The number of pyridine rings is 1. The minimum Gasteiger partial charge on any atom is -0.465 e. The van der Waals surface area contributed by atoms with E-state index in [1.807, 2.05) is 26.8 Å². The monoisotopic (exact) mass is 379 g/mol. The van der Waals surface area contributed by atoms with Crippen LogP contribution in [0.3, 0.4) is 0 Å². The number of nitrogens with zero attached hydrogens (tertiary/aromatic N) is 3. The molecule has 2 aliphatic rings.